The maximum atomic E-state index is 12.6. The molecule has 0 saturated heterocycles. The molecule has 2 rings (SSSR count). The lowest BCUT2D eigenvalue weighted by Gasteiger charge is -2.05. The predicted molar refractivity (Wildman–Crippen MR) is 81.1 cm³/mol. The van der Waals surface area contributed by atoms with Crippen molar-refractivity contribution in [2.45, 2.75) is 46.6 Å². The van der Waals surface area contributed by atoms with Crippen molar-refractivity contribution in [3.63, 3.8) is 0 Å². The zero-order valence-electron chi connectivity index (χ0n) is 12.5. The number of aryl methyl sites for hydroxylation is 3. The summed E-state index contributed by atoms with van der Waals surface area (Å²) in [5, 5.41) is 4.44. The standard InChI is InChI=1S/C17H22N2O/c1-4-7-13-8-10-14(11-9-13)17(20)16-12-15(5-2)18-19(16)6-3/h8-12H,4-7H2,1-3H3. The fourth-order valence-electron chi connectivity index (χ4n) is 2.33. The summed E-state index contributed by atoms with van der Waals surface area (Å²) in [6.45, 7) is 6.93. The molecule has 1 heterocycles. The van der Waals surface area contributed by atoms with E-state index in [0.29, 0.717) is 5.69 Å². The van der Waals surface area contributed by atoms with Crippen LogP contribution in [0.25, 0.3) is 0 Å². The highest BCUT2D eigenvalue weighted by atomic mass is 16.1. The Kier molecular flexibility index (Phi) is 4.72. The monoisotopic (exact) mass is 270 g/mol. The molecule has 0 aliphatic carbocycles. The van der Waals surface area contributed by atoms with E-state index in [2.05, 4.69) is 18.9 Å². The highest BCUT2D eigenvalue weighted by Crippen LogP contribution is 2.14. The van der Waals surface area contributed by atoms with Crippen molar-refractivity contribution in [1.82, 2.24) is 9.78 Å². The van der Waals surface area contributed by atoms with Gasteiger partial charge in [0.15, 0.2) is 0 Å². The van der Waals surface area contributed by atoms with Gasteiger partial charge in [0.1, 0.15) is 5.69 Å². The highest BCUT2D eigenvalue weighted by Gasteiger charge is 2.15. The predicted octanol–water partition coefficient (Wildman–Crippen LogP) is 3.65. The SMILES string of the molecule is CCCc1ccc(C(=O)c2cc(CC)nn2CC)cc1. The van der Waals surface area contributed by atoms with Crippen LogP contribution in [-0.4, -0.2) is 15.6 Å². The highest BCUT2D eigenvalue weighted by molar-refractivity contribution is 6.07. The maximum absolute atomic E-state index is 12.6. The van der Waals surface area contributed by atoms with Gasteiger partial charge < -0.3 is 0 Å². The van der Waals surface area contributed by atoms with E-state index >= 15 is 0 Å². The summed E-state index contributed by atoms with van der Waals surface area (Å²) in [7, 11) is 0. The third-order valence-corrected chi connectivity index (χ3v) is 3.48. The summed E-state index contributed by atoms with van der Waals surface area (Å²) in [5.74, 6) is 0.0575. The molecule has 20 heavy (non-hydrogen) atoms. The van der Waals surface area contributed by atoms with E-state index < -0.39 is 0 Å². The lowest BCUT2D eigenvalue weighted by atomic mass is 10.0. The van der Waals surface area contributed by atoms with Gasteiger partial charge in [-0.05, 0) is 31.4 Å². The third-order valence-electron chi connectivity index (χ3n) is 3.48. The van der Waals surface area contributed by atoms with Gasteiger partial charge >= 0.3 is 0 Å². The van der Waals surface area contributed by atoms with Gasteiger partial charge in [-0.1, -0.05) is 44.5 Å². The van der Waals surface area contributed by atoms with Crippen molar-refractivity contribution in [2.75, 3.05) is 0 Å². The second kappa shape index (κ2) is 6.51. The minimum atomic E-state index is 0.0575. The molecule has 0 spiro atoms. The van der Waals surface area contributed by atoms with Crippen LogP contribution in [-0.2, 0) is 19.4 Å². The fraction of sp³-hybridized carbons (Fsp3) is 0.412. The van der Waals surface area contributed by atoms with E-state index in [9.17, 15) is 4.79 Å². The van der Waals surface area contributed by atoms with Crippen molar-refractivity contribution < 1.29 is 4.79 Å². The van der Waals surface area contributed by atoms with E-state index in [1.807, 2.05) is 37.3 Å². The molecule has 0 aliphatic rings. The Balaban J connectivity index is 2.28. The van der Waals surface area contributed by atoms with Crippen LogP contribution < -0.4 is 0 Å². The Hall–Kier alpha value is -1.90. The first kappa shape index (κ1) is 14.5. The average molecular weight is 270 g/mol. The molecule has 0 bridgehead atoms. The van der Waals surface area contributed by atoms with Crippen LogP contribution in [0.1, 0.15) is 54.5 Å². The van der Waals surface area contributed by atoms with E-state index in [1.165, 1.54) is 5.56 Å². The van der Waals surface area contributed by atoms with E-state index in [0.717, 1.165) is 37.1 Å². The number of ketones is 1. The molecule has 2 aromatic rings. The van der Waals surface area contributed by atoms with E-state index in [4.69, 9.17) is 0 Å². The van der Waals surface area contributed by atoms with Crippen LogP contribution in [0.4, 0.5) is 0 Å². The first-order valence-corrected chi connectivity index (χ1v) is 7.39. The van der Waals surface area contributed by atoms with Gasteiger partial charge in [-0.2, -0.15) is 5.10 Å². The summed E-state index contributed by atoms with van der Waals surface area (Å²) in [5.41, 5.74) is 3.68. The van der Waals surface area contributed by atoms with Crippen LogP contribution >= 0.6 is 0 Å². The molecule has 0 radical (unpaired) electrons. The maximum Gasteiger partial charge on any atom is 0.211 e. The Labute approximate surface area is 120 Å². The molecule has 0 N–H and O–H groups in total. The summed E-state index contributed by atoms with van der Waals surface area (Å²) in [6.07, 6.45) is 3.03. The molecule has 106 valence electrons. The van der Waals surface area contributed by atoms with Gasteiger partial charge in [0.05, 0.1) is 5.69 Å². The molecular formula is C17H22N2O. The molecule has 0 atom stereocenters. The number of carbonyl (C=O) groups is 1. The lowest BCUT2D eigenvalue weighted by molar-refractivity contribution is 0.102. The van der Waals surface area contributed by atoms with Gasteiger partial charge in [-0.3, -0.25) is 9.48 Å². The van der Waals surface area contributed by atoms with Crippen molar-refractivity contribution in [3.05, 3.63) is 52.8 Å². The molecule has 0 aliphatic heterocycles. The second-order valence-electron chi connectivity index (χ2n) is 4.97. The van der Waals surface area contributed by atoms with Crippen molar-refractivity contribution in [3.8, 4) is 0 Å². The first-order chi connectivity index (χ1) is 9.69. The number of carbonyl (C=O) groups excluding carboxylic acids is 1. The Morgan fingerprint density at radius 3 is 2.40 bits per heavy atom. The van der Waals surface area contributed by atoms with Crippen LogP contribution in [0, 0.1) is 0 Å². The molecule has 0 amide bonds. The van der Waals surface area contributed by atoms with E-state index in [-0.39, 0.29) is 5.78 Å². The summed E-state index contributed by atoms with van der Waals surface area (Å²) >= 11 is 0. The molecule has 0 fully saturated rings. The lowest BCUT2D eigenvalue weighted by Crippen LogP contribution is -2.10. The largest absolute Gasteiger partial charge is 0.287 e. The number of aromatic nitrogens is 2. The summed E-state index contributed by atoms with van der Waals surface area (Å²) in [6, 6.07) is 9.85. The number of rotatable bonds is 6. The Morgan fingerprint density at radius 2 is 1.85 bits per heavy atom. The quantitative estimate of drug-likeness (QED) is 0.751. The topological polar surface area (TPSA) is 34.9 Å². The van der Waals surface area contributed by atoms with Crippen molar-refractivity contribution in [1.29, 1.82) is 0 Å². The van der Waals surface area contributed by atoms with Gasteiger partial charge in [0.25, 0.3) is 0 Å². The molecule has 0 unspecified atom stereocenters. The molecule has 3 heteroatoms. The number of hydrogen-bond acceptors (Lipinski definition) is 2. The second-order valence-corrected chi connectivity index (χ2v) is 4.97. The number of nitrogens with zero attached hydrogens (tertiary/aromatic N) is 2. The van der Waals surface area contributed by atoms with Gasteiger partial charge in [0.2, 0.25) is 5.78 Å². The minimum Gasteiger partial charge on any atom is -0.287 e. The van der Waals surface area contributed by atoms with Crippen LogP contribution in [0.2, 0.25) is 0 Å². The molecule has 1 aromatic carbocycles. The average Bonchev–Trinajstić information content (AvgIpc) is 2.91. The van der Waals surface area contributed by atoms with Gasteiger partial charge in [0, 0.05) is 12.1 Å². The smallest absolute Gasteiger partial charge is 0.211 e. The van der Waals surface area contributed by atoms with Crippen LogP contribution in [0.15, 0.2) is 30.3 Å². The fourth-order valence-corrected chi connectivity index (χ4v) is 2.33. The normalized spacial score (nSPS) is 10.8. The van der Waals surface area contributed by atoms with Crippen molar-refractivity contribution in [2.24, 2.45) is 0 Å². The first-order valence-electron chi connectivity index (χ1n) is 7.39. The Morgan fingerprint density at radius 1 is 1.15 bits per heavy atom. The molecular weight excluding hydrogens is 248 g/mol. The van der Waals surface area contributed by atoms with Crippen LogP contribution in [0.3, 0.4) is 0 Å². The zero-order chi connectivity index (χ0) is 14.5. The van der Waals surface area contributed by atoms with Crippen molar-refractivity contribution >= 4 is 5.78 Å². The Bertz CT molecular complexity index is 582. The number of hydrogen-bond donors (Lipinski definition) is 0. The minimum absolute atomic E-state index is 0.0575. The van der Waals surface area contributed by atoms with Gasteiger partial charge in [-0.15, -0.1) is 0 Å². The third kappa shape index (κ3) is 2.98. The number of benzene rings is 1. The zero-order valence-corrected chi connectivity index (χ0v) is 12.5. The molecule has 0 saturated carbocycles. The summed E-state index contributed by atoms with van der Waals surface area (Å²) in [4.78, 5) is 12.6. The van der Waals surface area contributed by atoms with Gasteiger partial charge in [-0.25, -0.2) is 0 Å². The molecule has 3 nitrogen and oxygen atoms in total. The van der Waals surface area contributed by atoms with Crippen LogP contribution in [0.5, 0.6) is 0 Å². The van der Waals surface area contributed by atoms with E-state index in [1.54, 1.807) is 4.68 Å². The molecule has 1 aromatic heterocycles. The summed E-state index contributed by atoms with van der Waals surface area (Å²) < 4.78 is 1.79.